The van der Waals surface area contributed by atoms with Crippen LogP contribution in [0.5, 0.6) is 0 Å². The van der Waals surface area contributed by atoms with E-state index in [2.05, 4.69) is 20.3 Å². The Morgan fingerprint density at radius 2 is 2.08 bits per heavy atom. The lowest BCUT2D eigenvalue weighted by Gasteiger charge is -2.14. The van der Waals surface area contributed by atoms with Gasteiger partial charge in [-0.1, -0.05) is 23.4 Å². The van der Waals surface area contributed by atoms with Crippen LogP contribution in [-0.2, 0) is 17.7 Å². The number of amides is 1. The Morgan fingerprint density at radius 3 is 2.84 bits per heavy atom. The van der Waals surface area contributed by atoms with Crippen LogP contribution in [0.3, 0.4) is 0 Å². The number of ether oxygens (including phenoxy) is 1. The molecule has 1 N–H and O–H groups in total. The van der Waals surface area contributed by atoms with Crippen molar-refractivity contribution in [2.24, 2.45) is 0 Å². The van der Waals surface area contributed by atoms with E-state index in [9.17, 15) is 9.59 Å². The molecule has 0 aliphatic heterocycles. The number of nitrogens with one attached hydrogen (secondary N) is 1. The van der Waals surface area contributed by atoms with Crippen LogP contribution in [0.1, 0.15) is 22.2 Å². The minimum absolute atomic E-state index is 0.133. The number of rotatable bonds is 6. The van der Waals surface area contributed by atoms with Gasteiger partial charge in [0.1, 0.15) is 6.54 Å². The Morgan fingerprint density at radius 1 is 1.32 bits per heavy atom. The first-order valence-electron chi connectivity index (χ1n) is 7.63. The standard InChI is InChI=1S/C16H17N5O4/c1-21(9-13-17-12(20-25-13)7-8-24-2)16(23)14-10-5-3-4-6-11(10)15(22)19-18-14/h3-6H,7-9H2,1-2H3,(H,19,22). The fourth-order valence-corrected chi connectivity index (χ4v) is 2.38. The van der Waals surface area contributed by atoms with Crippen LogP contribution in [-0.4, -0.2) is 51.9 Å². The average molecular weight is 343 g/mol. The fraction of sp³-hybridized carbons (Fsp3) is 0.312. The van der Waals surface area contributed by atoms with Gasteiger partial charge in [-0.15, -0.1) is 0 Å². The molecule has 0 spiro atoms. The third-order valence-corrected chi connectivity index (χ3v) is 3.66. The van der Waals surface area contributed by atoms with Crippen molar-refractivity contribution in [3.05, 3.63) is 52.0 Å². The molecule has 3 rings (SSSR count). The molecule has 1 aromatic carbocycles. The monoisotopic (exact) mass is 343 g/mol. The third kappa shape index (κ3) is 3.56. The zero-order valence-electron chi connectivity index (χ0n) is 13.9. The summed E-state index contributed by atoms with van der Waals surface area (Å²) in [7, 11) is 3.19. The van der Waals surface area contributed by atoms with Crippen molar-refractivity contribution < 1.29 is 14.1 Å². The molecule has 0 fully saturated rings. The molecular weight excluding hydrogens is 326 g/mol. The van der Waals surface area contributed by atoms with Crippen LogP contribution < -0.4 is 5.56 Å². The number of carbonyl (C=O) groups excluding carboxylic acids is 1. The highest BCUT2D eigenvalue weighted by Crippen LogP contribution is 2.15. The topological polar surface area (TPSA) is 114 Å². The molecule has 0 aliphatic rings. The van der Waals surface area contributed by atoms with Crippen molar-refractivity contribution >= 4 is 16.7 Å². The number of aromatic nitrogens is 4. The summed E-state index contributed by atoms with van der Waals surface area (Å²) >= 11 is 0. The molecule has 0 atom stereocenters. The Balaban J connectivity index is 1.80. The van der Waals surface area contributed by atoms with E-state index in [4.69, 9.17) is 9.26 Å². The minimum Gasteiger partial charge on any atom is -0.384 e. The van der Waals surface area contributed by atoms with Crippen LogP contribution >= 0.6 is 0 Å². The van der Waals surface area contributed by atoms with Gasteiger partial charge < -0.3 is 14.2 Å². The highest BCUT2D eigenvalue weighted by Gasteiger charge is 2.20. The van der Waals surface area contributed by atoms with E-state index < -0.39 is 0 Å². The highest BCUT2D eigenvalue weighted by molar-refractivity contribution is 6.04. The molecule has 2 aromatic heterocycles. The number of hydrogen-bond acceptors (Lipinski definition) is 7. The maximum atomic E-state index is 12.7. The maximum absolute atomic E-state index is 12.7. The van der Waals surface area contributed by atoms with E-state index in [0.29, 0.717) is 35.5 Å². The number of carbonyl (C=O) groups is 1. The second-order valence-corrected chi connectivity index (χ2v) is 5.46. The molecule has 0 aliphatic carbocycles. The molecule has 0 radical (unpaired) electrons. The quantitative estimate of drug-likeness (QED) is 0.703. The highest BCUT2D eigenvalue weighted by atomic mass is 16.5. The van der Waals surface area contributed by atoms with E-state index >= 15 is 0 Å². The second kappa shape index (κ2) is 7.22. The Bertz CT molecular complexity index is 949. The summed E-state index contributed by atoms with van der Waals surface area (Å²) in [6, 6.07) is 6.82. The van der Waals surface area contributed by atoms with Crippen LogP contribution in [0.2, 0.25) is 0 Å². The van der Waals surface area contributed by atoms with Gasteiger partial charge in [-0.05, 0) is 6.07 Å². The summed E-state index contributed by atoms with van der Waals surface area (Å²) in [5.41, 5.74) is -0.175. The number of methoxy groups -OCH3 is 1. The van der Waals surface area contributed by atoms with E-state index in [-0.39, 0.29) is 23.7 Å². The zero-order chi connectivity index (χ0) is 17.8. The van der Waals surface area contributed by atoms with Gasteiger partial charge in [0.15, 0.2) is 11.5 Å². The van der Waals surface area contributed by atoms with Crippen molar-refractivity contribution in [2.45, 2.75) is 13.0 Å². The molecule has 0 bridgehead atoms. The minimum atomic E-state index is -0.357. The van der Waals surface area contributed by atoms with Gasteiger partial charge in [0.2, 0.25) is 5.89 Å². The predicted octanol–water partition coefficient (Wildman–Crippen LogP) is 0.767. The number of hydrogen-bond donors (Lipinski definition) is 1. The lowest BCUT2D eigenvalue weighted by Crippen LogP contribution is -2.28. The molecular formula is C16H17N5O4. The summed E-state index contributed by atoms with van der Waals surface area (Å²) in [4.78, 5) is 30.1. The second-order valence-electron chi connectivity index (χ2n) is 5.46. The molecule has 2 heterocycles. The van der Waals surface area contributed by atoms with E-state index in [0.717, 1.165) is 0 Å². The fourth-order valence-electron chi connectivity index (χ4n) is 2.38. The summed E-state index contributed by atoms with van der Waals surface area (Å²) in [5, 5.41) is 11.0. The Hall–Kier alpha value is -3.07. The van der Waals surface area contributed by atoms with Crippen LogP contribution in [0, 0.1) is 0 Å². The molecule has 0 unspecified atom stereocenters. The van der Waals surface area contributed by atoms with Gasteiger partial charge in [0.25, 0.3) is 11.5 Å². The average Bonchev–Trinajstić information content (AvgIpc) is 3.07. The number of nitrogens with zero attached hydrogens (tertiary/aromatic N) is 4. The summed E-state index contributed by atoms with van der Waals surface area (Å²) in [6.07, 6.45) is 0.532. The van der Waals surface area contributed by atoms with E-state index in [1.54, 1.807) is 38.4 Å². The van der Waals surface area contributed by atoms with E-state index in [1.165, 1.54) is 4.90 Å². The molecule has 1 amide bonds. The van der Waals surface area contributed by atoms with Gasteiger partial charge >= 0.3 is 0 Å². The lowest BCUT2D eigenvalue weighted by atomic mass is 10.1. The Labute approximate surface area is 142 Å². The van der Waals surface area contributed by atoms with Crippen molar-refractivity contribution in [1.82, 2.24) is 25.2 Å². The molecule has 9 nitrogen and oxygen atoms in total. The molecule has 130 valence electrons. The molecule has 0 saturated heterocycles. The van der Waals surface area contributed by atoms with Gasteiger partial charge in [-0.3, -0.25) is 9.59 Å². The summed E-state index contributed by atoms with van der Waals surface area (Å²) in [5.74, 6) is 0.477. The van der Waals surface area contributed by atoms with Crippen molar-refractivity contribution in [3.8, 4) is 0 Å². The first-order chi connectivity index (χ1) is 12.1. The molecule has 0 saturated carbocycles. The van der Waals surface area contributed by atoms with Gasteiger partial charge in [-0.2, -0.15) is 10.1 Å². The first kappa shape index (κ1) is 16.8. The summed E-state index contributed by atoms with van der Waals surface area (Å²) < 4.78 is 10.1. The van der Waals surface area contributed by atoms with Crippen molar-refractivity contribution in [3.63, 3.8) is 0 Å². The van der Waals surface area contributed by atoms with Crippen molar-refractivity contribution in [1.29, 1.82) is 0 Å². The van der Waals surface area contributed by atoms with E-state index in [1.807, 2.05) is 0 Å². The predicted molar refractivity (Wildman–Crippen MR) is 88.0 cm³/mol. The Kier molecular flexibility index (Phi) is 4.85. The SMILES string of the molecule is COCCc1noc(CN(C)C(=O)c2n[nH]c(=O)c3ccccc23)n1. The first-order valence-corrected chi connectivity index (χ1v) is 7.63. The van der Waals surface area contributed by atoms with Crippen LogP contribution in [0.15, 0.2) is 33.6 Å². The lowest BCUT2D eigenvalue weighted by molar-refractivity contribution is 0.0764. The van der Waals surface area contributed by atoms with Gasteiger partial charge in [0.05, 0.1) is 12.0 Å². The molecule has 25 heavy (non-hydrogen) atoms. The van der Waals surface area contributed by atoms with Crippen LogP contribution in [0.25, 0.3) is 10.8 Å². The maximum Gasteiger partial charge on any atom is 0.275 e. The number of benzene rings is 1. The molecule has 3 aromatic rings. The zero-order valence-corrected chi connectivity index (χ0v) is 13.9. The number of fused-ring (bicyclic) bond motifs is 1. The number of H-pyrrole nitrogens is 1. The summed E-state index contributed by atoms with van der Waals surface area (Å²) in [6.45, 7) is 0.620. The van der Waals surface area contributed by atoms with Gasteiger partial charge in [0, 0.05) is 26.0 Å². The largest absolute Gasteiger partial charge is 0.384 e. The molecule has 9 heteroatoms. The smallest absolute Gasteiger partial charge is 0.275 e. The van der Waals surface area contributed by atoms with Gasteiger partial charge in [-0.25, -0.2) is 5.10 Å². The number of aromatic amines is 1. The van der Waals surface area contributed by atoms with Crippen molar-refractivity contribution in [2.75, 3.05) is 20.8 Å². The third-order valence-electron chi connectivity index (χ3n) is 3.66. The normalized spacial score (nSPS) is 11.0. The van der Waals surface area contributed by atoms with Crippen LogP contribution in [0.4, 0.5) is 0 Å².